The maximum absolute atomic E-state index is 11.4. The minimum absolute atomic E-state index is 0.233. The number of benzene rings is 1. The molecule has 5 heteroatoms. The Bertz CT molecular complexity index is 566. The summed E-state index contributed by atoms with van der Waals surface area (Å²) in [6.45, 7) is 0. The van der Waals surface area contributed by atoms with Crippen molar-refractivity contribution in [3.63, 3.8) is 0 Å². The Kier molecular flexibility index (Phi) is 3.49. The highest BCUT2D eigenvalue weighted by Gasteiger charge is 2.05. The lowest BCUT2D eigenvalue weighted by Crippen LogP contribution is -2.18. The molecular formula is C12H12N2O2S. The zero-order valence-electron chi connectivity index (χ0n) is 9.33. The van der Waals surface area contributed by atoms with E-state index < -0.39 is 0 Å². The van der Waals surface area contributed by atoms with Crippen LogP contribution in [0.15, 0.2) is 46.3 Å². The van der Waals surface area contributed by atoms with Crippen molar-refractivity contribution in [2.75, 3.05) is 0 Å². The van der Waals surface area contributed by atoms with Gasteiger partial charge in [-0.25, -0.2) is 0 Å². The first-order chi connectivity index (χ1) is 8.16. The lowest BCUT2D eigenvalue weighted by molar-refractivity contribution is 0.437. The summed E-state index contributed by atoms with van der Waals surface area (Å²) in [5, 5.41) is 9.79. The van der Waals surface area contributed by atoms with E-state index in [2.05, 4.69) is 4.98 Å². The van der Waals surface area contributed by atoms with Gasteiger partial charge in [0.15, 0.2) is 5.16 Å². The number of hydrogen-bond acceptors (Lipinski definition) is 4. The molecule has 0 atom stereocenters. The van der Waals surface area contributed by atoms with E-state index >= 15 is 0 Å². The first-order valence-electron chi connectivity index (χ1n) is 5.10. The predicted octanol–water partition coefficient (Wildman–Crippen LogP) is 1.78. The summed E-state index contributed by atoms with van der Waals surface area (Å²) in [5.74, 6) is 0.480. The van der Waals surface area contributed by atoms with E-state index in [1.807, 2.05) is 30.3 Å². The zero-order valence-corrected chi connectivity index (χ0v) is 10.1. The summed E-state index contributed by atoms with van der Waals surface area (Å²) in [7, 11) is 1.64. The molecule has 0 spiro atoms. The highest BCUT2D eigenvalue weighted by molar-refractivity contribution is 7.98. The Balaban J connectivity index is 2.17. The molecule has 0 aliphatic heterocycles. The van der Waals surface area contributed by atoms with Gasteiger partial charge in [0.05, 0.1) is 6.07 Å². The van der Waals surface area contributed by atoms with Crippen molar-refractivity contribution in [1.82, 2.24) is 9.55 Å². The molecule has 1 N–H and O–H groups in total. The predicted molar refractivity (Wildman–Crippen MR) is 67.1 cm³/mol. The Labute approximate surface area is 103 Å². The van der Waals surface area contributed by atoms with Crippen LogP contribution in [-0.4, -0.2) is 14.7 Å². The van der Waals surface area contributed by atoms with Crippen LogP contribution < -0.4 is 5.56 Å². The maximum atomic E-state index is 11.4. The van der Waals surface area contributed by atoms with Crippen LogP contribution in [0.2, 0.25) is 0 Å². The summed E-state index contributed by atoms with van der Waals surface area (Å²) in [6.07, 6.45) is 0. The molecule has 0 radical (unpaired) electrons. The quantitative estimate of drug-likeness (QED) is 0.664. The zero-order chi connectivity index (χ0) is 12.3. The molecule has 0 aliphatic rings. The Morgan fingerprint density at radius 2 is 2.06 bits per heavy atom. The van der Waals surface area contributed by atoms with Gasteiger partial charge < -0.3 is 5.11 Å². The van der Waals surface area contributed by atoms with E-state index in [-0.39, 0.29) is 11.4 Å². The van der Waals surface area contributed by atoms with Crippen LogP contribution in [0.3, 0.4) is 0 Å². The van der Waals surface area contributed by atoms with Gasteiger partial charge in [0, 0.05) is 12.8 Å². The summed E-state index contributed by atoms with van der Waals surface area (Å²) >= 11 is 1.42. The number of aromatic hydroxyl groups is 1. The average molecular weight is 248 g/mol. The second kappa shape index (κ2) is 5.05. The van der Waals surface area contributed by atoms with Gasteiger partial charge in [-0.2, -0.15) is 4.98 Å². The SMILES string of the molecule is Cn1c(SCc2ccccc2)nc(O)cc1=O. The molecule has 1 heterocycles. The fraction of sp³-hybridized carbons (Fsp3) is 0.167. The van der Waals surface area contributed by atoms with Crippen molar-refractivity contribution >= 4 is 11.8 Å². The lowest BCUT2D eigenvalue weighted by Gasteiger charge is -2.06. The Hall–Kier alpha value is -1.75. The van der Waals surface area contributed by atoms with Gasteiger partial charge in [0.2, 0.25) is 5.88 Å². The van der Waals surface area contributed by atoms with Gasteiger partial charge in [-0.15, -0.1) is 0 Å². The smallest absolute Gasteiger partial charge is 0.257 e. The largest absolute Gasteiger partial charge is 0.493 e. The monoisotopic (exact) mass is 248 g/mol. The third-order valence-electron chi connectivity index (χ3n) is 2.29. The van der Waals surface area contributed by atoms with Crippen LogP contribution >= 0.6 is 11.8 Å². The normalized spacial score (nSPS) is 10.4. The molecule has 0 saturated heterocycles. The minimum atomic E-state index is -0.256. The molecule has 17 heavy (non-hydrogen) atoms. The molecule has 0 fully saturated rings. The third-order valence-corrected chi connectivity index (χ3v) is 3.39. The standard InChI is InChI=1S/C12H12N2O2S/c1-14-11(16)7-10(15)13-12(14)17-8-9-5-3-2-4-6-9/h2-7,15H,8H2,1H3. The summed E-state index contributed by atoms with van der Waals surface area (Å²) < 4.78 is 1.42. The molecule has 2 aromatic rings. The van der Waals surface area contributed by atoms with Crippen molar-refractivity contribution in [1.29, 1.82) is 0 Å². The van der Waals surface area contributed by atoms with Crippen LogP contribution in [0.25, 0.3) is 0 Å². The number of aromatic nitrogens is 2. The van der Waals surface area contributed by atoms with Crippen molar-refractivity contribution in [3.8, 4) is 5.88 Å². The van der Waals surface area contributed by atoms with E-state index in [0.29, 0.717) is 10.9 Å². The number of rotatable bonds is 3. The molecule has 88 valence electrons. The van der Waals surface area contributed by atoms with Gasteiger partial charge >= 0.3 is 0 Å². The van der Waals surface area contributed by atoms with Crippen molar-refractivity contribution in [3.05, 3.63) is 52.3 Å². The van der Waals surface area contributed by atoms with Crippen molar-refractivity contribution < 1.29 is 5.11 Å². The summed E-state index contributed by atoms with van der Waals surface area (Å²) in [4.78, 5) is 15.4. The van der Waals surface area contributed by atoms with Crippen molar-refractivity contribution in [2.24, 2.45) is 7.05 Å². The molecule has 4 nitrogen and oxygen atoms in total. The maximum Gasteiger partial charge on any atom is 0.257 e. The van der Waals surface area contributed by atoms with Gasteiger partial charge in [0.1, 0.15) is 0 Å². The molecule has 0 amide bonds. The fourth-order valence-electron chi connectivity index (χ4n) is 1.36. The molecular weight excluding hydrogens is 236 g/mol. The number of hydrogen-bond donors (Lipinski definition) is 1. The van der Waals surface area contributed by atoms with Crippen LogP contribution in [0.5, 0.6) is 5.88 Å². The highest BCUT2D eigenvalue weighted by Crippen LogP contribution is 2.20. The molecule has 0 unspecified atom stereocenters. The van der Waals surface area contributed by atoms with E-state index in [1.54, 1.807) is 7.05 Å². The van der Waals surface area contributed by atoms with Crippen LogP contribution in [-0.2, 0) is 12.8 Å². The van der Waals surface area contributed by atoms with Gasteiger partial charge in [-0.3, -0.25) is 9.36 Å². The molecule has 1 aromatic heterocycles. The van der Waals surface area contributed by atoms with E-state index in [9.17, 15) is 9.90 Å². The first-order valence-corrected chi connectivity index (χ1v) is 6.09. The number of thioether (sulfide) groups is 1. The van der Waals surface area contributed by atoms with Crippen molar-refractivity contribution in [2.45, 2.75) is 10.9 Å². The highest BCUT2D eigenvalue weighted by atomic mass is 32.2. The van der Waals surface area contributed by atoms with Crippen LogP contribution in [0.4, 0.5) is 0 Å². The molecule has 2 rings (SSSR count). The molecule has 1 aromatic carbocycles. The number of nitrogens with zero attached hydrogens (tertiary/aromatic N) is 2. The second-order valence-corrected chi connectivity index (χ2v) is 4.51. The van der Waals surface area contributed by atoms with Crippen LogP contribution in [0.1, 0.15) is 5.56 Å². The second-order valence-electron chi connectivity index (χ2n) is 3.57. The van der Waals surface area contributed by atoms with Crippen LogP contribution in [0, 0.1) is 0 Å². The third kappa shape index (κ3) is 2.88. The fourth-order valence-corrected chi connectivity index (χ4v) is 2.29. The Morgan fingerprint density at radius 1 is 1.35 bits per heavy atom. The average Bonchev–Trinajstić information content (AvgIpc) is 2.33. The van der Waals surface area contributed by atoms with Gasteiger partial charge in [0.25, 0.3) is 5.56 Å². The first kappa shape index (κ1) is 11.7. The van der Waals surface area contributed by atoms with Gasteiger partial charge in [-0.1, -0.05) is 42.1 Å². The lowest BCUT2D eigenvalue weighted by atomic mass is 10.2. The Morgan fingerprint density at radius 3 is 2.76 bits per heavy atom. The van der Waals surface area contributed by atoms with Gasteiger partial charge in [-0.05, 0) is 5.56 Å². The molecule has 0 bridgehead atoms. The topological polar surface area (TPSA) is 55.1 Å². The minimum Gasteiger partial charge on any atom is -0.493 e. The van der Waals surface area contributed by atoms with E-state index in [0.717, 1.165) is 11.6 Å². The van der Waals surface area contributed by atoms with E-state index in [4.69, 9.17) is 0 Å². The summed E-state index contributed by atoms with van der Waals surface area (Å²) in [6, 6.07) is 11.0. The summed E-state index contributed by atoms with van der Waals surface area (Å²) in [5.41, 5.74) is 0.892. The molecule has 0 aliphatic carbocycles. The molecule has 0 saturated carbocycles. The van der Waals surface area contributed by atoms with E-state index in [1.165, 1.54) is 16.3 Å².